The summed E-state index contributed by atoms with van der Waals surface area (Å²) in [5, 5.41) is 1.73. The zero-order valence-corrected chi connectivity index (χ0v) is 11.9. The summed E-state index contributed by atoms with van der Waals surface area (Å²) in [5.74, 6) is -0.000853. The Labute approximate surface area is 119 Å². The Bertz CT molecular complexity index is 838. The second-order valence-electron chi connectivity index (χ2n) is 4.04. The Morgan fingerprint density at radius 3 is 2.85 bits per heavy atom. The van der Waals surface area contributed by atoms with Gasteiger partial charge in [-0.2, -0.15) is 0 Å². The first-order valence-corrected chi connectivity index (χ1v) is 8.04. The van der Waals surface area contributed by atoms with Gasteiger partial charge in [-0.3, -0.25) is 9.38 Å². The van der Waals surface area contributed by atoms with E-state index in [4.69, 9.17) is 5.73 Å². The summed E-state index contributed by atoms with van der Waals surface area (Å²) < 4.78 is 28.6. The molecule has 0 unspecified atom stereocenters. The zero-order chi connectivity index (χ0) is 14.2. The fourth-order valence-corrected chi connectivity index (χ4v) is 3.80. The number of fused-ring (bicyclic) bond motifs is 1. The lowest BCUT2D eigenvalue weighted by Crippen LogP contribution is -2.25. The van der Waals surface area contributed by atoms with Crippen LogP contribution in [-0.2, 0) is 16.6 Å². The molecule has 7 nitrogen and oxygen atoms in total. The van der Waals surface area contributed by atoms with Gasteiger partial charge in [0.15, 0.2) is 15.8 Å². The maximum absolute atomic E-state index is 12.3. The SMILES string of the molecule is Nc1nc2sccn2c1S(=O)(=O)NCc1ccncc1. The van der Waals surface area contributed by atoms with Crippen LogP contribution in [0.3, 0.4) is 0 Å². The molecule has 0 aliphatic rings. The molecule has 0 saturated carbocycles. The summed E-state index contributed by atoms with van der Waals surface area (Å²) >= 11 is 1.32. The van der Waals surface area contributed by atoms with Crippen LogP contribution < -0.4 is 10.5 Å². The van der Waals surface area contributed by atoms with E-state index in [2.05, 4.69) is 14.7 Å². The van der Waals surface area contributed by atoms with Gasteiger partial charge in [-0.15, -0.1) is 11.3 Å². The van der Waals surface area contributed by atoms with E-state index in [9.17, 15) is 8.42 Å². The average molecular weight is 309 g/mol. The number of aromatic nitrogens is 3. The molecule has 9 heteroatoms. The van der Waals surface area contributed by atoms with Gasteiger partial charge in [0.2, 0.25) is 0 Å². The van der Waals surface area contributed by atoms with Crippen molar-refractivity contribution in [1.29, 1.82) is 0 Å². The van der Waals surface area contributed by atoms with Gasteiger partial charge in [-0.25, -0.2) is 18.1 Å². The molecule has 0 aliphatic carbocycles. The summed E-state index contributed by atoms with van der Waals surface area (Å²) in [6, 6.07) is 3.48. The van der Waals surface area contributed by atoms with Crippen LogP contribution in [0.25, 0.3) is 4.96 Å². The van der Waals surface area contributed by atoms with Crippen LogP contribution in [-0.4, -0.2) is 22.8 Å². The van der Waals surface area contributed by atoms with E-state index < -0.39 is 10.0 Å². The Kier molecular flexibility index (Phi) is 3.16. The van der Waals surface area contributed by atoms with Crippen molar-refractivity contribution in [2.45, 2.75) is 11.6 Å². The standard InChI is InChI=1S/C11H11N5O2S2/c12-9-10(16-5-6-19-11(16)15-9)20(17,18)14-7-8-1-3-13-4-2-8/h1-6,14H,7,12H2. The van der Waals surface area contributed by atoms with Crippen molar-refractivity contribution < 1.29 is 8.42 Å². The largest absolute Gasteiger partial charge is 0.381 e. The first-order valence-electron chi connectivity index (χ1n) is 5.67. The van der Waals surface area contributed by atoms with Gasteiger partial charge < -0.3 is 5.73 Å². The van der Waals surface area contributed by atoms with E-state index in [1.54, 1.807) is 36.1 Å². The molecule has 0 bridgehead atoms. The molecule has 0 aromatic carbocycles. The maximum Gasteiger partial charge on any atom is 0.260 e. The van der Waals surface area contributed by atoms with Gasteiger partial charge in [-0.05, 0) is 17.7 Å². The number of rotatable bonds is 4. The molecule has 3 rings (SSSR count). The van der Waals surface area contributed by atoms with Crippen molar-refractivity contribution >= 4 is 32.1 Å². The van der Waals surface area contributed by atoms with Gasteiger partial charge >= 0.3 is 0 Å². The fraction of sp³-hybridized carbons (Fsp3) is 0.0909. The van der Waals surface area contributed by atoms with Crippen molar-refractivity contribution in [3.63, 3.8) is 0 Å². The van der Waals surface area contributed by atoms with Crippen LogP contribution in [0.15, 0.2) is 41.1 Å². The van der Waals surface area contributed by atoms with Crippen molar-refractivity contribution in [3.8, 4) is 0 Å². The third kappa shape index (κ3) is 2.26. The molecule has 3 heterocycles. The third-order valence-corrected chi connectivity index (χ3v) is 4.91. The molecular formula is C11H11N5O2S2. The number of thiazole rings is 1. The Hall–Kier alpha value is -1.97. The number of anilines is 1. The molecule has 0 fully saturated rings. The van der Waals surface area contributed by atoms with Gasteiger partial charge in [0, 0.05) is 30.5 Å². The highest BCUT2D eigenvalue weighted by atomic mass is 32.2. The van der Waals surface area contributed by atoms with Crippen LogP contribution in [0.5, 0.6) is 0 Å². The van der Waals surface area contributed by atoms with Gasteiger partial charge in [0.05, 0.1) is 0 Å². The minimum Gasteiger partial charge on any atom is -0.381 e. The number of sulfonamides is 1. The molecule has 3 aromatic rings. The minimum atomic E-state index is -3.73. The first-order chi connectivity index (χ1) is 9.58. The van der Waals surface area contributed by atoms with Crippen LogP contribution in [0.4, 0.5) is 5.82 Å². The summed E-state index contributed by atoms with van der Waals surface area (Å²) in [5.41, 5.74) is 6.51. The summed E-state index contributed by atoms with van der Waals surface area (Å²) in [4.78, 5) is 8.45. The van der Waals surface area contributed by atoms with Crippen LogP contribution in [0.1, 0.15) is 5.56 Å². The number of pyridine rings is 1. The Morgan fingerprint density at radius 2 is 2.10 bits per heavy atom. The summed E-state index contributed by atoms with van der Waals surface area (Å²) in [7, 11) is -3.73. The number of hydrogen-bond acceptors (Lipinski definition) is 6. The normalized spacial score (nSPS) is 12.0. The molecule has 0 aliphatic heterocycles. The van der Waals surface area contributed by atoms with Crippen molar-refractivity contribution in [2.75, 3.05) is 5.73 Å². The fourth-order valence-electron chi connectivity index (χ4n) is 1.80. The number of nitrogens with zero attached hydrogens (tertiary/aromatic N) is 3. The van der Waals surface area contributed by atoms with E-state index in [1.807, 2.05) is 0 Å². The number of nitrogens with two attached hydrogens (primary N) is 1. The highest BCUT2D eigenvalue weighted by Crippen LogP contribution is 2.23. The van der Waals surface area contributed by atoms with Crippen molar-refractivity contribution in [1.82, 2.24) is 19.1 Å². The molecule has 3 aromatic heterocycles. The minimum absolute atomic E-state index is 0.000853. The first kappa shape index (κ1) is 13.0. The second kappa shape index (κ2) is 4.85. The lowest BCUT2D eigenvalue weighted by atomic mass is 10.3. The summed E-state index contributed by atoms with van der Waals surface area (Å²) in [6.45, 7) is 0.168. The molecule has 3 N–H and O–H groups in total. The summed E-state index contributed by atoms with van der Waals surface area (Å²) in [6.07, 6.45) is 4.84. The van der Waals surface area contributed by atoms with Crippen LogP contribution in [0, 0.1) is 0 Å². The van der Waals surface area contributed by atoms with E-state index >= 15 is 0 Å². The van der Waals surface area contributed by atoms with Gasteiger partial charge in [-0.1, -0.05) is 0 Å². The Morgan fingerprint density at radius 1 is 1.35 bits per heavy atom. The monoisotopic (exact) mass is 309 g/mol. The van der Waals surface area contributed by atoms with Crippen molar-refractivity contribution in [3.05, 3.63) is 41.7 Å². The second-order valence-corrected chi connectivity index (χ2v) is 6.59. The number of nitrogens with one attached hydrogen (secondary N) is 1. The highest BCUT2D eigenvalue weighted by molar-refractivity contribution is 7.89. The molecular weight excluding hydrogens is 298 g/mol. The smallest absolute Gasteiger partial charge is 0.260 e. The molecule has 20 heavy (non-hydrogen) atoms. The number of imidazole rings is 1. The van der Waals surface area contributed by atoms with E-state index in [0.29, 0.717) is 4.96 Å². The molecule has 0 amide bonds. The predicted molar refractivity (Wildman–Crippen MR) is 75.7 cm³/mol. The number of hydrogen-bond donors (Lipinski definition) is 2. The van der Waals surface area contributed by atoms with Crippen LogP contribution >= 0.6 is 11.3 Å². The Balaban J connectivity index is 1.92. The maximum atomic E-state index is 12.3. The molecule has 0 spiro atoms. The quantitative estimate of drug-likeness (QED) is 0.744. The number of nitrogen functional groups attached to an aromatic ring is 1. The lowest BCUT2D eigenvalue weighted by molar-refractivity contribution is 0.577. The molecule has 104 valence electrons. The van der Waals surface area contributed by atoms with Crippen LogP contribution in [0.2, 0.25) is 0 Å². The third-order valence-electron chi connectivity index (χ3n) is 2.71. The average Bonchev–Trinajstić information content (AvgIpc) is 2.97. The molecule has 0 atom stereocenters. The van der Waals surface area contributed by atoms with Crippen molar-refractivity contribution in [2.24, 2.45) is 0 Å². The van der Waals surface area contributed by atoms with Gasteiger partial charge in [0.25, 0.3) is 10.0 Å². The van der Waals surface area contributed by atoms with Gasteiger partial charge in [0.1, 0.15) is 0 Å². The van der Waals surface area contributed by atoms with E-state index in [1.165, 1.54) is 15.7 Å². The lowest BCUT2D eigenvalue weighted by Gasteiger charge is -2.06. The van der Waals surface area contributed by atoms with E-state index in [0.717, 1.165) is 5.56 Å². The molecule has 0 radical (unpaired) electrons. The highest BCUT2D eigenvalue weighted by Gasteiger charge is 2.24. The predicted octanol–water partition coefficient (Wildman–Crippen LogP) is 0.851. The topological polar surface area (TPSA) is 102 Å². The zero-order valence-electron chi connectivity index (χ0n) is 10.2. The molecule has 0 saturated heterocycles. The van der Waals surface area contributed by atoms with E-state index in [-0.39, 0.29) is 17.4 Å².